The summed E-state index contributed by atoms with van der Waals surface area (Å²) in [6, 6.07) is 18.3. The highest BCUT2D eigenvalue weighted by molar-refractivity contribution is 6.04. The van der Waals surface area contributed by atoms with Gasteiger partial charge in [0.15, 0.2) is 5.65 Å². The van der Waals surface area contributed by atoms with Gasteiger partial charge in [-0.05, 0) is 55.3 Å². The van der Waals surface area contributed by atoms with Crippen LogP contribution in [0.1, 0.15) is 29.8 Å². The Bertz CT molecular complexity index is 1280. The molecule has 0 saturated heterocycles. The summed E-state index contributed by atoms with van der Waals surface area (Å²) in [5, 5.41) is 2.92. The summed E-state index contributed by atoms with van der Waals surface area (Å²) in [5.74, 6) is -0.198. The lowest BCUT2D eigenvalue weighted by atomic mass is 10.1. The minimum atomic E-state index is -0.198. The largest absolute Gasteiger partial charge is 0.322 e. The average Bonchev–Trinajstić information content (AvgIpc) is 2.79. The number of carbonyl (C=O) groups is 1. The Morgan fingerprint density at radius 1 is 1.03 bits per heavy atom. The highest BCUT2D eigenvalue weighted by Gasteiger charge is 2.14. The van der Waals surface area contributed by atoms with Crippen molar-refractivity contribution < 1.29 is 4.79 Å². The number of hydrogen-bond donors (Lipinski definition) is 1. The molecule has 6 nitrogen and oxygen atoms in total. The Morgan fingerprint density at radius 2 is 1.83 bits per heavy atom. The third-order valence-electron chi connectivity index (χ3n) is 5.03. The van der Waals surface area contributed by atoms with Gasteiger partial charge in [0.2, 0.25) is 0 Å². The highest BCUT2D eigenvalue weighted by Crippen LogP contribution is 2.19. The first kappa shape index (κ1) is 19.5. The lowest BCUT2D eigenvalue weighted by molar-refractivity contribution is 0.102. The Morgan fingerprint density at radius 3 is 2.57 bits per heavy atom. The number of rotatable bonds is 5. The maximum absolute atomic E-state index is 12.9. The summed E-state index contributed by atoms with van der Waals surface area (Å²) in [6.07, 6.45) is 2.56. The lowest BCUT2D eigenvalue weighted by Crippen LogP contribution is -2.23. The van der Waals surface area contributed by atoms with Crippen LogP contribution in [-0.4, -0.2) is 20.4 Å². The first-order valence-electron chi connectivity index (χ1n) is 9.97. The second kappa shape index (κ2) is 8.29. The van der Waals surface area contributed by atoms with Crippen molar-refractivity contribution in [3.05, 3.63) is 88.3 Å². The van der Waals surface area contributed by atoms with Gasteiger partial charge in [0, 0.05) is 29.6 Å². The predicted octanol–water partition coefficient (Wildman–Crippen LogP) is 4.29. The van der Waals surface area contributed by atoms with Crippen LogP contribution in [0.15, 0.2) is 71.7 Å². The number of nitrogens with one attached hydrogen (secondary N) is 1. The molecule has 2 aromatic heterocycles. The molecular weight excluding hydrogens is 376 g/mol. The number of nitrogens with zero attached hydrogens (tertiary/aromatic N) is 3. The molecule has 4 aromatic rings. The number of benzene rings is 2. The maximum atomic E-state index is 12.9. The van der Waals surface area contributed by atoms with Gasteiger partial charge >= 0.3 is 0 Å². The molecule has 2 heterocycles. The van der Waals surface area contributed by atoms with Crippen molar-refractivity contribution in [3.8, 4) is 11.3 Å². The molecular formula is C24H22N4O2. The summed E-state index contributed by atoms with van der Waals surface area (Å²) >= 11 is 0. The lowest BCUT2D eigenvalue weighted by Gasteiger charge is -2.10. The Kier molecular flexibility index (Phi) is 5.39. The van der Waals surface area contributed by atoms with E-state index < -0.39 is 0 Å². The van der Waals surface area contributed by atoms with Crippen LogP contribution in [-0.2, 0) is 13.0 Å². The fourth-order valence-electron chi connectivity index (χ4n) is 3.41. The molecule has 150 valence electrons. The summed E-state index contributed by atoms with van der Waals surface area (Å²) in [4.78, 5) is 34.3. The van der Waals surface area contributed by atoms with Crippen molar-refractivity contribution in [2.75, 3.05) is 5.32 Å². The van der Waals surface area contributed by atoms with Gasteiger partial charge in [0.1, 0.15) is 11.2 Å². The summed E-state index contributed by atoms with van der Waals surface area (Å²) < 4.78 is 1.61. The van der Waals surface area contributed by atoms with E-state index in [4.69, 9.17) is 0 Å². The van der Waals surface area contributed by atoms with E-state index in [1.807, 2.05) is 37.3 Å². The number of amides is 1. The zero-order valence-electron chi connectivity index (χ0n) is 16.9. The van der Waals surface area contributed by atoms with Crippen molar-refractivity contribution in [2.24, 2.45) is 0 Å². The summed E-state index contributed by atoms with van der Waals surface area (Å²) in [6.45, 7) is 4.47. The van der Waals surface area contributed by atoms with E-state index in [1.54, 1.807) is 41.1 Å². The minimum absolute atomic E-state index is 0.197. The van der Waals surface area contributed by atoms with E-state index >= 15 is 0 Å². The monoisotopic (exact) mass is 398 g/mol. The fraction of sp³-hybridized carbons (Fsp3) is 0.167. The summed E-state index contributed by atoms with van der Waals surface area (Å²) in [5.41, 5.74) is 4.48. The van der Waals surface area contributed by atoms with E-state index in [-0.39, 0.29) is 11.5 Å². The number of fused-ring (bicyclic) bond motifs is 1. The normalized spacial score (nSPS) is 10.9. The zero-order valence-corrected chi connectivity index (χ0v) is 16.9. The molecule has 0 aliphatic rings. The number of carbonyl (C=O) groups excluding carboxylic acids is 1. The van der Waals surface area contributed by atoms with Crippen LogP contribution in [0.4, 0.5) is 5.69 Å². The molecule has 1 N–H and O–H groups in total. The van der Waals surface area contributed by atoms with Gasteiger partial charge in [-0.15, -0.1) is 0 Å². The van der Waals surface area contributed by atoms with Gasteiger partial charge in [-0.2, -0.15) is 0 Å². The van der Waals surface area contributed by atoms with Crippen LogP contribution in [0.5, 0.6) is 0 Å². The standard InChI is InChI=1S/C24H22N4O2/c1-3-16-7-5-8-19(15-16)26-23(29)18-12-10-17(11-13-18)21-24(30)28(4-2)22-20(27-21)9-6-14-25-22/h5-15H,3-4H2,1-2H3,(H,26,29). The number of aromatic nitrogens is 3. The molecule has 0 radical (unpaired) electrons. The van der Waals surface area contributed by atoms with Gasteiger partial charge in [-0.1, -0.05) is 31.2 Å². The Hall–Kier alpha value is -3.80. The number of hydrogen-bond acceptors (Lipinski definition) is 4. The molecule has 30 heavy (non-hydrogen) atoms. The smallest absolute Gasteiger partial charge is 0.278 e. The van der Waals surface area contributed by atoms with Crippen molar-refractivity contribution in [1.29, 1.82) is 0 Å². The van der Waals surface area contributed by atoms with Crippen LogP contribution in [0.2, 0.25) is 0 Å². The predicted molar refractivity (Wildman–Crippen MR) is 119 cm³/mol. The first-order chi connectivity index (χ1) is 14.6. The van der Waals surface area contributed by atoms with Gasteiger partial charge in [0.05, 0.1) is 0 Å². The van der Waals surface area contributed by atoms with Crippen LogP contribution >= 0.6 is 0 Å². The van der Waals surface area contributed by atoms with E-state index in [0.717, 1.165) is 17.7 Å². The molecule has 0 spiro atoms. The van der Waals surface area contributed by atoms with Gasteiger partial charge in [-0.25, -0.2) is 9.97 Å². The molecule has 0 saturated carbocycles. The number of anilines is 1. The quantitative estimate of drug-likeness (QED) is 0.544. The average molecular weight is 398 g/mol. The molecule has 0 fully saturated rings. The molecule has 0 bridgehead atoms. The van der Waals surface area contributed by atoms with Gasteiger partial charge in [0.25, 0.3) is 11.5 Å². The Balaban J connectivity index is 1.64. The molecule has 4 rings (SSSR count). The van der Waals surface area contributed by atoms with E-state index in [1.165, 1.54) is 0 Å². The van der Waals surface area contributed by atoms with Crippen molar-refractivity contribution in [1.82, 2.24) is 14.5 Å². The third-order valence-corrected chi connectivity index (χ3v) is 5.03. The molecule has 0 aliphatic heterocycles. The molecule has 0 unspecified atom stereocenters. The Labute approximate surface area is 174 Å². The van der Waals surface area contributed by atoms with Gasteiger partial charge < -0.3 is 5.32 Å². The van der Waals surface area contributed by atoms with Crippen LogP contribution in [0.25, 0.3) is 22.4 Å². The highest BCUT2D eigenvalue weighted by atomic mass is 16.1. The SMILES string of the molecule is CCc1cccc(NC(=O)c2ccc(-c3nc4cccnc4n(CC)c3=O)cc2)c1. The van der Waals surface area contributed by atoms with Crippen molar-refractivity contribution >= 4 is 22.8 Å². The number of aryl methyl sites for hydroxylation is 2. The van der Waals surface area contributed by atoms with Crippen molar-refractivity contribution in [3.63, 3.8) is 0 Å². The molecule has 6 heteroatoms. The fourth-order valence-corrected chi connectivity index (χ4v) is 3.41. The van der Waals surface area contributed by atoms with Crippen LogP contribution < -0.4 is 10.9 Å². The topological polar surface area (TPSA) is 76.9 Å². The van der Waals surface area contributed by atoms with E-state index in [9.17, 15) is 9.59 Å². The summed E-state index contributed by atoms with van der Waals surface area (Å²) in [7, 11) is 0. The number of pyridine rings is 1. The molecule has 1 amide bonds. The van der Waals surface area contributed by atoms with Gasteiger partial charge in [-0.3, -0.25) is 14.2 Å². The first-order valence-corrected chi connectivity index (χ1v) is 9.97. The third kappa shape index (κ3) is 3.72. The molecule has 0 aliphatic carbocycles. The molecule has 0 atom stereocenters. The maximum Gasteiger partial charge on any atom is 0.278 e. The molecule has 2 aromatic carbocycles. The minimum Gasteiger partial charge on any atom is -0.322 e. The second-order valence-corrected chi connectivity index (χ2v) is 6.94. The van der Waals surface area contributed by atoms with E-state index in [2.05, 4.69) is 22.2 Å². The van der Waals surface area contributed by atoms with Crippen molar-refractivity contribution in [2.45, 2.75) is 26.8 Å². The second-order valence-electron chi connectivity index (χ2n) is 6.94. The van der Waals surface area contributed by atoms with E-state index in [0.29, 0.717) is 34.5 Å². The van der Waals surface area contributed by atoms with Crippen LogP contribution in [0, 0.1) is 0 Å². The zero-order chi connectivity index (χ0) is 21.1. The van der Waals surface area contributed by atoms with Crippen LogP contribution in [0.3, 0.4) is 0 Å².